The van der Waals surface area contributed by atoms with Gasteiger partial charge in [-0.05, 0) is 212 Å². The number of allylic oxidation sites excluding steroid dienone is 16. The molecule has 0 saturated heterocycles. The third kappa shape index (κ3) is 7.10. The van der Waals surface area contributed by atoms with Gasteiger partial charge in [0.1, 0.15) is 11.9 Å². The van der Waals surface area contributed by atoms with Crippen LogP contribution < -0.4 is 0 Å². The second-order valence-electron chi connectivity index (χ2n) is 19.9. The maximum absolute atomic E-state index is 6.82. The van der Waals surface area contributed by atoms with Gasteiger partial charge in [0, 0.05) is 17.7 Å². The standard InChI is InChI=1S/C60H63NO/c1-3-12-41(13-4-1)54-20-11-21-55-58-39-47(28-35-59(58)62-60(54)55)40-24-29-49(30-25-40)61(51-33-34-53-48(36-51)23-22-43-16-9-10-19-52(43)53)50-31-26-44(27-32-50)57-38-46-18-8-7-17-45(46)37-56(57)42-14-5-2-6-15-42/h1,3,5,8-10,14-16,18-20,26-29,31,35,37-41,50-51,58-59H,2,4,6-7,11-13,17,21-25,30,32-34,36H2. The van der Waals surface area contributed by atoms with Crippen molar-refractivity contribution in [1.29, 1.82) is 0 Å². The molecule has 2 nitrogen and oxygen atoms in total. The minimum atomic E-state index is 0.174. The summed E-state index contributed by atoms with van der Waals surface area (Å²) >= 11 is 0. The molecule has 0 aromatic heterocycles. The van der Waals surface area contributed by atoms with Crippen LogP contribution in [0.25, 0.3) is 22.8 Å². The number of aryl methyl sites for hydroxylation is 2. The second-order valence-corrected chi connectivity index (χ2v) is 19.9. The SMILES string of the molecule is C1=CC(c2cc3c(cc2C2=CCC(N(C4=CCC(C5=CC6C7=C(OC6C=C5)C(C5CC=CCC5)=CCC7)CC4)C4CCC5=C(CCc6ccccc65)C4)C=C2)C=CCC3)=CCC1. The van der Waals surface area contributed by atoms with Crippen molar-refractivity contribution >= 4 is 22.8 Å². The summed E-state index contributed by atoms with van der Waals surface area (Å²) in [6, 6.07) is 15.2. The first kappa shape index (κ1) is 38.6. The summed E-state index contributed by atoms with van der Waals surface area (Å²) in [6.07, 6.45) is 58.4. The summed E-state index contributed by atoms with van der Waals surface area (Å²) in [4.78, 5) is 2.95. The van der Waals surface area contributed by atoms with Gasteiger partial charge >= 0.3 is 0 Å². The zero-order valence-corrected chi connectivity index (χ0v) is 36.7. The van der Waals surface area contributed by atoms with Gasteiger partial charge in [-0.25, -0.2) is 0 Å². The molecule has 10 aliphatic rings. The molecular weight excluding hydrogens is 751 g/mol. The molecule has 2 aromatic carbocycles. The van der Waals surface area contributed by atoms with E-state index in [0.717, 1.165) is 57.8 Å². The maximum atomic E-state index is 6.82. The quantitative estimate of drug-likeness (QED) is 0.258. The van der Waals surface area contributed by atoms with Crippen molar-refractivity contribution < 1.29 is 4.74 Å². The molecule has 62 heavy (non-hydrogen) atoms. The fraction of sp³-hybridized carbons (Fsp3) is 0.400. The first-order valence-corrected chi connectivity index (χ1v) is 24.7. The van der Waals surface area contributed by atoms with E-state index >= 15 is 0 Å². The fourth-order valence-electron chi connectivity index (χ4n) is 13.2. The van der Waals surface area contributed by atoms with Crippen LogP contribution in [0.15, 0.2) is 155 Å². The van der Waals surface area contributed by atoms with Crippen molar-refractivity contribution in [3.8, 4) is 0 Å². The number of hydrogen-bond donors (Lipinski definition) is 0. The van der Waals surface area contributed by atoms with Gasteiger partial charge in [-0.15, -0.1) is 0 Å². The smallest absolute Gasteiger partial charge is 0.127 e. The highest BCUT2D eigenvalue weighted by Crippen LogP contribution is 2.49. The first-order chi connectivity index (χ1) is 30.7. The molecule has 0 N–H and O–H groups in total. The highest BCUT2D eigenvalue weighted by Gasteiger charge is 2.41. The molecular formula is C60H63NO. The van der Waals surface area contributed by atoms with E-state index < -0.39 is 0 Å². The first-order valence-electron chi connectivity index (χ1n) is 24.7. The van der Waals surface area contributed by atoms with Crippen LogP contribution in [0, 0.1) is 17.8 Å². The van der Waals surface area contributed by atoms with Gasteiger partial charge in [0.15, 0.2) is 0 Å². The van der Waals surface area contributed by atoms with E-state index in [4.69, 9.17) is 4.74 Å². The molecule has 6 unspecified atom stereocenters. The van der Waals surface area contributed by atoms with Gasteiger partial charge in [-0.3, -0.25) is 0 Å². The molecule has 2 heteroatoms. The molecule has 314 valence electrons. The predicted molar refractivity (Wildman–Crippen MR) is 259 cm³/mol. The highest BCUT2D eigenvalue weighted by molar-refractivity contribution is 5.89. The summed E-state index contributed by atoms with van der Waals surface area (Å²) in [6.45, 7) is 0. The van der Waals surface area contributed by atoms with Gasteiger partial charge in [0.25, 0.3) is 0 Å². The van der Waals surface area contributed by atoms with E-state index in [1.807, 2.05) is 0 Å². The number of ether oxygens (including phenoxy) is 1. The minimum absolute atomic E-state index is 0.174. The van der Waals surface area contributed by atoms with E-state index in [0.29, 0.717) is 29.8 Å². The van der Waals surface area contributed by atoms with Gasteiger partial charge in [0.2, 0.25) is 0 Å². The monoisotopic (exact) mass is 813 g/mol. The molecule has 0 amide bonds. The molecule has 12 rings (SSSR count). The Kier molecular flexibility index (Phi) is 10.3. The van der Waals surface area contributed by atoms with Crippen LogP contribution in [-0.2, 0) is 17.6 Å². The van der Waals surface area contributed by atoms with Crippen LogP contribution in [0.3, 0.4) is 0 Å². The van der Waals surface area contributed by atoms with Crippen molar-refractivity contribution in [2.45, 2.75) is 134 Å². The van der Waals surface area contributed by atoms with E-state index in [2.05, 4.69) is 132 Å². The molecule has 0 radical (unpaired) electrons. The van der Waals surface area contributed by atoms with Crippen LogP contribution in [0.1, 0.15) is 136 Å². The number of nitrogens with zero attached hydrogens (tertiary/aromatic N) is 1. The second kappa shape index (κ2) is 16.6. The van der Waals surface area contributed by atoms with Crippen molar-refractivity contribution in [1.82, 2.24) is 4.90 Å². The van der Waals surface area contributed by atoms with E-state index in [9.17, 15) is 0 Å². The van der Waals surface area contributed by atoms with Gasteiger partial charge < -0.3 is 9.64 Å². The lowest BCUT2D eigenvalue weighted by atomic mass is 9.75. The van der Waals surface area contributed by atoms with E-state index in [1.54, 1.807) is 39.1 Å². The lowest BCUT2D eigenvalue weighted by molar-refractivity contribution is 0.165. The third-order valence-corrected chi connectivity index (χ3v) is 16.4. The Bertz CT molecular complexity index is 2550. The molecule has 0 saturated carbocycles. The molecule has 1 aliphatic heterocycles. The Balaban J connectivity index is 0.827. The summed E-state index contributed by atoms with van der Waals surface area (Å²) in [7, 11) is 0. The van der Waals surface area contributed by atoms with Crippen LogP contribution in [0.4, 0.5) is 0 Å². The molecule has 9 aliphatic carbocycles. The maximum Gasteiger partial charge on any atom is 0.127 e. The Morgan fingerprint density at radius 2 is 1.53 bits per heavy atom. The highest BCUT2D eigenvalue weighted by atomic mass is 16.5. The van der Waals surface area contributed by atoms with Crippen LogP contribution in [-0.4, -0.2) is 23.1 Å². The Labute approximate surface area is 371 Å². The van der Waals surface area contributed by atoms with Crippen LogP contribution in [0.2, 0.25) is 0 Å². The van der Waals surface area contributed by atoms with Crippen molar-refractivity contribution in [3.63, 3.8) is 0 Å². The topological polar surface area (TPSA) is 12.5 Å². The molecule has 0 fully saturated rings. The molecule has 0 spiro atoms. The van der Waals surface area contributed by atoms with Crippen molar-refractivity contribution in [2.75, 3.05) is 0 Å². The summed E-state index contributed by atoms with van der Waals surface area (Å²) in [5.74, 6) is 2.88. The normalized spacial score (nSPS) is 29.6. The number of rotatable bonds is 7. The summed E-state index contributed by atoms with van der Waals surface area (Å²) < 4.78 is 6.82. The van der Waals surface area contributed by atoms with Gasteiger partial charge in [0.05, 0.1) is 6.04 Å². The Morgan fingerprint density at radius 3 is 2.40 bits per heavy atom. The summed E-state index contributed by atoms with van der Waals surface area (Å²) in [5, 5.41) is 0. The van der Waals surface area contributed by atoms with Gasteiger partial charge in [-0.1, -0.05) is 115 Å². The average Bonchev–Trinajstić information content (AvgIpc) is 3.73. The molecule has 2 aromatic rings. The predicted octanol–water partition coefficient (Wildman–Crippen LogP) is 14.9. The minimum Gasteiger partial charge on any atom is -0.485 e. The number of fused-ring (bicyclic) bond motifs is 5. The average molecular weight is 814 g/mol. The van der Waals surface area contributed by atoms with E-state index in [-0.39, 0.29) is 6.10 Å². The van der Waals surface area contributed by atoms with Crippen molar-refractivity contribution in [2.24, 2.45) is 17.8 Å². The van der Waals surface area contributed by atoms with Crippen molar-refractivity contribution in [3.05, 3.63) is 189 Å². The summed E-state index contributed by atoms with van der Waals surface area (Å²) in [5.41, 5.74) is 21.3. The zero-order valence-electron chi connectivity index (χ0n) is 36.7. The fourth-order valence-corrected chi connectivity index (χ4v) is 13.2. The largest absolute Gasteiger partial charge is 0.485 e. The Morgan fingerprint density at radius 1 is 0.597 bits per heavy atom. The van der Waals surface area contributed by atoms with Gasteiger partial charge in [-0.2, -0.15) is 0 Å². The van der Waals surface area contributed by atoms with Crippen LogP contribution in [0.5, 0.6) is 0 Å². The molecule has 1 heterocycles. The molecule has 0 bridgehead atoms. The van der Waals surface area contributed by atoms with Crippen LogP contribution >= 0.6 is 0 Å². The third-order valence-electron chi connectivity index (χ3n) is 16.4. The van der Waals surface area contributed by atoms with E-state index in [1.165, 1.54) is 103 Å². The Hall–Kier alpha value is -5.08. The zero-order chi connectivity index (χ0) is 41.0. The molecule has 6 atom stereocenters. The lowest BCUT2D eigenvalue weighted by Gasteiger charge is -2.46. The number of benzene rings is 2. The number of hydrogen-bond acceptors (Lipinski definition) is 2. The lowest BCUT2D eigenvalue weighted by Crippen LogP contribution is -2.44.